The highest BCUT2D eigenvalue weighted by atomic mass is 32.2. The van der Waals surface area contributed by atoms with Gasteiger partial charge in [-0.05, 0) is 24.5 Å². The van der Waals surface area contributed by atoms with Crippen LogP contribution in [0.25, 0.3) is 0 Å². The molecular weight excluding hydrogens is 354 g/mol. The molecule has 0 bridgehead atoms. The monoisotopic (exact) mass is 373 g/mol. The maximum absolute atomic E-state index is 12.5. The molecule has 0 saturated carbocycles. The third-order valence-corrected chi connectivity index (χ3v) is 6.51. The van der Waals surface area contributed by atoms with E-state index in [1.807, 2.05) is 29.3 Å². The molecule has 0 unspecified atom stereocenters. The summed E-state index contributed by atoms with van der Waals surface area (Å²) in [5.41, 5.74) is 1.93. The fourth-order valence-electron chi connectivity index (χ4n) is 3.25. The minimum atomic E-state index is -0.0173. The number of carbonyl (C=O) groups excluding carboxylic acids is 2. The van der Waals surface area contributed by atoms with Crippen molar-refractivity contribution >= 4 is 40.0 Å². The van der Waals surface area contributed by atoms with Crippen molar-refractivity contribution in [1.82, 2.24) is 10.3 Å². The van der Waals surface area contributed by atoms with E-state index in [9.17, 15) is 9.59 Å². The Morgan fingerprint density at radius 1 is 1.36 bits per heavy atom. The highest BCUT2D eigenvalue weighted by molar-refractivity contribution is 7.99. The van der Waals surface area contributed by atoms with Crippen molar-refractivity contribution in [3.05, 3.63) is 40.9 Å². The lowest BCUT2D eigenvalue weighted by molar-refractivity contribution is -0.121. The second-order valence-corrected chi connectivity index (χ2v) is 8.22. The van der Waals surface area contributed by atoms with Gasteiger partial charge in [-0.2, -0.15) is 0 Å². The maximum atomic E-state index is 12.5. The van der Waals surface area contributed by atoms with Crippen LogP contribution in [0.5, 0.6) is 0 Å². The van der Waals surface area contributed by atoms with Gasteiger partial charge in [0.15, 0.2) is 5.13 Å². The van der Waals surface area contributed by atoms with Crippen LogP contribution < -0.4 is 10.2 Å². The molecule has 2 aromatic rings. The molecule has 5 nitrogen and oxygen atoms in total. The van der Waals surface area contributed by atoms with Crippen molar-refractivity contribution in [1.29, 1.82) is 0 Å². The Morgan fingerprint density at radius 3 is 3.08 bits per heavy atom. The summed E-state index contributed by atoms with van der Waals surface area (Å²) in [6, 6.07) is 8.32. The predicted molar refractivity (Wildman–Crippen MR) is 100 cm³/mol. The van der Waals surface area contributed by atoms with Crippen LogP contribution in [-0.4, -0.2) is 29.1 Å². The Hall–Kier alpha value is -1.86. The zero-order valence-electron chi connectivity index (χ0n) is 13.7. The number of anilines is 1. The largest absolute Gasteiger partial charge is 0.349 e. The highest BCUT2D eigenvalue weighted by Gasteiger charge is 2.25. The molecule has 130 valence electrons. The van der Waals surface area contributed by atoms with Gasteiger partial charge in [-0.1, -0.05) is 18.2 Å². The van der Waals surface area contributed by atoms with E-state index in [1.165, 1.54) is 21.8 Å². The van der Waals surface area contributed by atoms with Gasteiger partial charge in [0.05, 0.1) is 18.2 Å². The lowest BCUT2D eigenvalue weighted by Gasteiger charge is -2.25. The highest BCUT2D eigenvalue weighted by Crippen LogP contribution is 2.35. The second-order valence-electron chi connectivity index (χ2n) is 6.24. The van der Waals surface area contributed by atoms with Gasteiger partial charge >= 0.3 is 0 Å². The molecule has 0 aliphatic carbocycles. The molecule has 2 aliphatic heterocycles. The standard InChI is InChI=1S/C18H19N3O2S2/c22-16(20-14-7-9-24-15-5-2-1-4-13(14)15)10-12-11-25-18(19-12)21-8-3-6-17(21)23/h1-2,4-5,11,14H,3,6-10H2,(H,20,22)/t14-/m1/s1. The fourth-order valence-corrected chi connectivity index (χ4v) is 5.25. The van der Waals surface area contributed by atoms with E-state index in [0.29, 0.717) is 11.6 Å². The summed E-state index contributed by atoms with van der Waals surface area (Å²) in [7, 11) is 0. The summed E-state index contributed by atoms with van der Waals surface area (Å²) >= 11 is 3.28. The molecule has 1 atom stereocenters. The van der Waals surface area contributed by atoms with Crippen molar-refractivity contribution in [3.8, 4) is 0 Å². The number of benzene rings is 1. The zero-order chi connectivity index (χ0) is 17.2. The molecule has 3 heterocycles. The Kier molecular flexibility index (Phi) is 4.76. The molecule has 0 spiro atoms. The average Bonchev–Trinajstić information content (AvgIpc) is 3.24. The molecular formula is C18H19N3O2S2. The quantitative estimate of drug-likeness (QED) is 0.894. The Bertz CT molecular complexity index is 805. The minimum Gasteiger partial charge on any atom is -0.349 e. The summed E-state index contributed by atoms with van der Waals surface area (Å²) in [5.74, 6) is 1.12. The number of nitrogens with zero attached hydrogens (tertiary/aromatic N) is 2. The van der Waals surface area contributed by atoms with E-state index in [4.69, 9.17) is 0 Å². The molecule has 1 aromatic heterocycles. The van der Waals surface area contributed by atoms with Crippen molar-refractivity contribution in [2.75, 3.05) is 17.2 Å². The first-order valence-corrected chi connectivity index (χ1v) is 10.3. The van der Waals surface area contributed by atoms with E-state index < -0.39 is 0 Å². The number of hydrogen-bond donors (Lipinski definition) is 1. The number of carbonyl (C=O) groups is 2. The third kappa shape index (κ3) is 3.57. The average molecular weight is 374 g/mol. The SMILES string of the molecule is O=C(Cc1csc(N2CCCC2=O)n1)N[C@@H]1CCSc2ccccc21. The normalized spacial score (nSPS) is 19.8. The summed E-state index contributed by atoms with van der Waals surface area (Å²) in [6.07, 6.45) is 2.67. The van der Waals surface area contributed by atoms with Gasteiger partial charge in [-0.3, -0.25) is 14.5 Å². The van der Waals surface area contributed by atoms with Crippen molar-refractivity contribution in [3.63, 3.8) is 0 Å². The lowest BCUT2D eigenvalue weighted by atomic mass is 10.0. The van der Waals surface area contributed by atoms with Gasteiger partial charge < -0.3 is 5.32 Å². The molecule has 1 saturated heterocycles. The van der Waals surface area contributed by atoms with Crippen LogP contribution in [0.2, 0.25) is 0 Å². The summed E-state index contributed by atoms with van der Waals surface area (Å²) in [4.78, 5) is 31.7. The fraction of sp³-hybridized carbons (Fsp3) is 0.389. The van der Waals surface area contributed by atoms with Crippen LogP contribution in [0.4, 0.5) is 5.13 Å². The van der Waals surface area contributed by atoms with Crippen LogP contribution in [-0.2, 0) is 16.0 Å². The van der Waals surface area contributed by atoms with E-state index >= 15 is 0 Å². The van der Waals surface area contributed by atoms with E-state index in [2.05, 4.69) is 22.4 Å². The molecule has 4 rings (SSSR count). The first-order valence-electron chi connectivity index (χ1n) is 8.46. The van der Waals surface area contributed by atoms with Crippen LogP contribution in [0.1, 0.15) is 36.6 Å². The van der Waals surface area contributed by atoms with E-state index in [0.717, 1.165) is 30.8 Å². The van der Waals surface area contributed by atoms with Gasteiger partial charge in [0.25, 0.3) is 0 Å². The van der Waals surface area contributed by atoms with Gasteiger partial charge in [0.2, 0.25) is 11.8 Å². The maximum Gasteiger partial charge on any atom is 0.228 e. The zero-order valence-corrected chi connectivity index (χ0v) is 15.4. The number of nitrogens with one attached hydrogen (secondary N) is 1. The number of thioether (sulfide) groups is 1. The van der Waals surface area contributed by atoms with Crippen LogP contribution in [0.15, 0.2) is 34.5 Å². The van der Waals surface area contributed by atoms with Crippen LogP contribution in [0, 0.1) is 0 Å². The lowest BCUT2D eigenvalue weighted by Crippen LogP contribution is -2.31. The molecule has 7 heteroatoms. The molecule has 25 heavy (non-hydrogen) atoms. The van der Waals surface area contributed by atoms with Gasteiger partial charge in [0.1, 0.15) is 0 Å². The summed E-state index contributed by atoms with van der Waals surface area (Å²) in [6.45, 7) is 0.731. The molecule has 2 aliphatic rings. The van der Waals surface area contributed by atoms with Crippen molar-refractivity contribution < 1.29 is 9.59 Å². The van der Waals surface area contributed by atoms with Gasteiger partial charge in [-0.25, -0.2) is 4.98 Å². The van der Waals surface area contributed by atoms with Crippen LogP contribution >= 0.6 is 23.1 Å². The van der Waals surface area contributed by atoms with E-state index in [-0.39, 0.29) is 24.3 Å². The minimum absolute atomic E-state index is 0.0173. The molecule has 1 N–H and O–H groups in total. The number of rotatable bonds is 4. The number of thiazole rings is 1. The summed E-state index contributed by atoms with van der Waals surface area (Å²) < 4.78 is 0. The van der Waals surface area contributed by atoms with Gasteiger partial charge in [-0.15, -0.1) is 23.1 Å². The molecule has 0 radical (unpaired) electrons. The van der Waals surface area contributed by atoms with Crippen molar-refractivity contribution in [2.45, 2.75) is 36.6 Å². The first kappa shape index (κ1) is 16.6. The predicted octanol–water partition coefficient (Wildman–Crippen LogP) is 3.17. The second kappa shape index (κ2) is 7.17. The first-order chi connectivity index (χ1) is 12.2. The number of aromatic nitrogens is 1. The smallest absolute Gasteiger partial charge is 0.228 e. The van der Waals surface area contributed by atoms with Crippen LogP contribution in [0.3, 0.4) is 0 Å². The Morgan fingerprint density at radius 2 is 2.24 bits per heavy atom. The molecule has 1 fully saturated rings. The number of amides is 2. The number of fused-ring (bicyclic) bond motifs is 1. The van der Waals surface area contributed by atoms with Gasteiger partial charge in [0, 0.05) is 29.0 Å². The molecule has 1 aromatic carbocycles. The molecule has 2 amide bonds. The topological polar surface area (TPSA) is 62.3 Å². The Balaban J connectivity index is 1.40. The third-order valence-electron chi connectivity index (χ3n) is 4.48. The van der Waals surface area contributed by atoms with E-state index in [1.54, 1.807) is 4.90 Å². The number of hydrogen-bond acceptors (Lipinski definition) is 5. The van der Waals surface area contributed by atoms with Crippen molar-refractivity contribution in [2.24, 2.45) is 0 Å². The Labute approximate surface area is 154 Å². The summed E-state index contributed by atoms with van der Waals surface area (Å²) in [5, 5.41) is 5.74.